The molecule has 3 heteroatoms. The van der Waals surface area contributed by atoms with Crippen LogP contribution in [-0.2, 0) is 16.0 Å². The number of carbonyl (C=O) groups excluding carboxylic acids is 1. The second-order valence-electron chi connectivity index (χ2n) is 3.67. The van der Waals surface area contributed by atoms with Gasteiger partial charge in [0.25, 0.3) is 0 Å². The van der Waals surface area contributed by atoms with Gasteiger partial charge >= 0.3 is 0 Å². The zero-order valence-corrected chi connectivity index (χ0v) is 9.54. The van der Waals surface area contributed by atoms with Crippen LogP contribution >= 0.6 is 0 Å². The minimum absolute atomic E-state index is 0.0150. The summed E-state index contributed by atoms with van der Waals surface area (Å²) >= 11 is 0. The van der Waals surface area contributed by atoms with E-state index in [2.05, 4.69) is 0 Å². The fraction of sp³-hybridized carbons (Fsp3) is 0.462. The van der Waals surface area contributed by atoms with Crippen molar-refractivity contribution < 1.29 is 13.9 Å². The molecule has 0 heterocycles. The first-order chi connectivity index (χ1) is 7.74. The maximum absolute atomic E-state index is 13.2. The highest BCUT2D eigenvalue weighted by molar-refractivity contribution is 5.80. The lowest BCUT2D eigenvalue weighted by Crippen LogP contribution is -2.08. The fourth-order valence-corrected chi connectivity index (χ4v) is 1.37. The summed E-state index contributed by atoms with van der Waals surface area (Å²) in [4.78, 5) is 11.5. The van der Waals surface area contributed by atoms with Gasteiger partial charge in [-0.1, -0.05) is 25.1 Å². The van der Waals surface area contributed by atoms with Crippen LogP contribution in [0.3, 0.4) is 0 Å². The summed E-state index contributed by atoms with van der Waals surface area (Å²) in [6.07, 6.45) is 1.46. The Morgan fingerprint density at radius 2 is 2.06 bits per heavy atom. The third kappa shape index (κ3) is 4.53. The summed E-state index contributed by atoms with van der Waals surface area (Å²) < 4.78 is 18.4. The van der Waals surface area contributed by atoms with Crippen LogP contribution in [0.1, 0.15) is 25.3 Å². The largest absolute Gasteiger partial charge is 0.381 e. The molecule has 0 bridgehead atoms. The SMILES string of the molecule is CCCOCCC(=O)Cc1ccccc1F. The van der Waals surface area contributed by atoms with Gasteiger partial charge in [-0.15, -0.1) is 0 Å². The summed E-state index contributed by atoms with van der Waals surface area (Å²) in [6, 6.07) is 6.36. The molecular weight excluding hydrogens is 207 g/mol. The van der Waals surface area contributed by atoms with Gasteiger partial charge in [-0.3, -0.25) is 4.79 Å². The fourth-order valence-electron chi connectivity index (χ4n) is 1.37. The van der Waals surface area contributed by atoms with E-state index in [0.717, 1.165) is 6.42 Å². The second kappa shape index (κ2) is 7.12. The van der Waals surface area contributed by atoms with Crippen molar-refractivity contribution >= 4 is 5.78 Å². The predicted octanol–water partition coefficient (Wildman–Crippen LogP) is 2.75. The van der Waals surface area contributed by atoms with Crippen molar-refractivity contribution in [3.8, 4) is 0 Å². The molecule has 0 saturated heterocycles. The first-order valence-electron chi connectivity index (χ1n) is 5.57. The number of halogens is 1. The first kappa shape index (κ1) is 12.8. The summed E-state index contributed by atoms with van der Waals surface area (Å²) in [7, 11) is 0. The maximum atomic E-state index is 13.2. The van der Waals surface area contributed by atoms with Gasteiger partial charge in [0.2, 0.25) is 0 Å². The summed E-state index contributed by atoms with van der Waals surface area (Å²) in [5.41, 5.74) is 0.461. The van der Waals surface area contributed by atoms with Crippen LogP contribution in [0.25, 0.3) is 0 Å². The molecule has 0 spiro atoms. The monoisotopic (exact) mass is 224 g/mol. The molecule has 0 aliphatic heterocycles. The van der Waals surface area contributed by atoms with E-state index in [4.69, 9.17) is 4.74 Å². The van der Waals surface area contributed by atoms with Crippen LogP contribution in [0.2, 0.25) is 0 Å². The van der Waals surface area contributed by atoms with Gasteiger partial charge in [0.05, 0.1) is 6.61 Å². The van der Waals surface area contributed by atoms with E-state index in [-0.39, 0.29) is 18.0 Å². The highest BCUT2D eigenvalue weighted by Crippen LogP contribution is 2.08. The Morgan fingerprint density at radius 3 is 2.75 bits per heavy atom. The van der Waals surface area contributed by atoms with E-state index in [1.807, 2.05) is 6.92 Å². The zero-order valence-electron chi connectivity index (χ0n) is 9.54. The number of ketones is 1. The summed E-state index contributed by atoms with van der Waals surface area (Å²) in [5, 5.41) is 0. The Labute approximate surface area is 95.4 Å². The van der Waals surface area contributed by atoms with Crippen molar-refractivity contribution in [3.05, 3.63) is 35.6 Å². The van der Waals surface area contributed by atoms with Gasteiger partial charge in [0.15, 0.2) is 0 Å². The molecule has 0 unspecified atom stereocenters. The van der Waals surface area contributed by atoms with E-state index < -0.39 is 0 Å². The van der Waals surface area contributed by atoms with Gasteiger partial charge < -0.3 is 4.74 Å². The number of hydrogen-bond donors (Lipinski definition) is 0. The normalized spacial score (nSPS) is 10.4. The number of rotatable bonds is 7. The van der Waals surface area contributed by atoms with E-state index in [0.29, 0.717) is 25.2 Å². The van der Waals surface area contributed by atoms with Gasteiger partial charge in [-0.2, -0.15) is 0 Å². The highest BCUT2D eigenvalue weighted by atomic mass is 19.1. The Morgan fingerprint density at radius 1 is 1.31 bits per heavy atom. The van der Waals surface area contributed by atoms with Gasteiger partial charge in [-0.25, -0.2) is 4.39 Å². The van der Waals surface area contributed by atoms with E-state index in [1.165, 1.54) is 6.07 Å². The average Bonchev–Trinajstić information content (AvgIpc) is 2.28. The van der Waals surface area contributed by atoms with Crippen molar-refractivity contribution in [1.29, 1.82) is 0 Å². The van der Waals surface area contributed by atoms with Crippen molar-refractivity contribution in [2.24, 2.45) is 0 Å². The first-order valence-corrected chi connectivity index (χ1v) is 5.57. The molecule has 0 atom stereocenters. The number of carbonyl (C=O) groups is 1. The molecule has 0 saturated carbocycles. The minimum Gasteiger partial charge on any atom is -0.381 e. The molecule has 16 heavy (non-hydrogen) atoms. The Bertz CT molecular complexity index is 336. The highest BCUT2D eigenvalue weighted by Gasteiger charge is 2.07. The molecule has 0 radical (unpaired) electrons. The predicted molar refractivity (Wildman–Crippen MR) is 60.8 cm³/mol. The van der Waals surface area contributed by atoms with E-state index in [9.17, 15) is 9.18 Å². The molecule has 0 aliphatic carbocycles. The number of hydrogen-bond acceptors (Lipinski definition) is 2. The number of ether oxygens (including phenoxy) is 1. The van der Waals surface area contributed by atoms with E-state index >= 15 is 0 Å². The van der Waals surface area contributed by atoms with Crippen molar-refractivity contribution in [2.75, 3.05) is 13.2 Å². The van der Waals surface area contributed by atoms with Crippen LogP contribution < -0.4 is 0 Å². The van der Waals surface area contributed by atoms with Crippen LogP contribution in [0.5, 0.6) is 0 Å². The third-order valence-electron chi connectivity index (χ3n) is 2.22. The molecule has 0 N–H and O–H groups in total. The molecule has 0 aliphatic rings. The average molecular weight is 224 g/mol. The van der Waals surface area contributed by atoms with Gasteiger partial charge in [-0.05, 0) is 18.1 Å². The smallest absolute Gasteiger partial charge is 0.139 e. The number of Topliss-reactive ketones (excluding diaryl/α,β-unsaturated/α-hetero) is 1. The van der Waals surface area contributed by atoms with Crippen LogP contribution in [-0.4, -0.2) is 19.0 Å². The lowest BCUT2D eigenvalue weighted by molar-refractivity contribution is -0.119. The maximum Gasteiger partial charge on any atom is 0.139 e. The lowest BCUT2D eigenvalue weighted by atomic mass is 10.1. The minimum atomic E-state index is -0.315. The molecule has 1 aromatic carbocycles. The Balaban J connectivity index is 2.32. The molecule has 0 aromatic heterocycles. The molecule has 1 aromatic rings. The number of benzene rings is 1. The lowest BCUT2D eigenvalue weighted by Gasteiger charge is -2.03. The summed E-state index contributed by atoms with van der Waals surface area (Å²) in [6.45, 7) is 3.12. The standard InChI is InChI=1S/C13H17FO2/c1-2-8-16-9-7-12(15)10-11-5-3-4-6-13(11)14/h3-6H,2,7-10H2,1H3. The molecule has 88 valence electrons. The Kier molecular flexibility index (Phi) is 5.72. The molecule has 2 nitrogen and oxygen atoms in total. The molecule has 0 fully saturated rings. The quantitative estimate of drug-likeness (QED) is 0.666. The zero-order chi connectivity index (χ0) is 11.8. The van der Waals surface area contributed by atoms with Gasteiger partial charge in [0.1, 0.15) is 11.6 Å². The van der Waals surface area contributed by atoms with Crippen molar-refractivity contribution in [1.82, 2.24) is 0 Å². The van der Waals surface area contributed by atoms with Crippen LogP contribution in [0, 0.1) is 5.82 Å². The Hall–Kier alpha value is -1.22. The van der Waals surface area contributed by atoms with Crippen LogP contribution in [0.4, 0.5) is 4.39 Å². The van der Waals surface area contributed by atoms with E-state index in [1.54, 1.807) is 18.2 Å². The van der Waals surface area contributed by atoms with Gasteiger partial charge in [0, 0.05) is 19.4 Å². The molecule has 0 amide bonds. The third-order valence-corrected chi connectivity index (χ3v) is 2.22. The second-order valence-corrected chi connectivity index (χ2v) is 3.67. The van der Waals surface area contributed by atoms with Crippen molar-refractivity contribution in [2.45, 2.75) is 26.2 Å². The molecule has 1 rings (SSSR count). The van der Waals surface area contributed by atoms with Crippen molar-refractivity contribution in [3.63, 3.8) is 0 Å². The summed E-state index contributed by atoms with van der Waals surface area (Å²) in [5.74, 6) is -0.300. The topological polar surface area (TPSA) is 26.3 Å². The van der Waals surface area contributed by atoms with Crippen LogP contribution in [0.15, 0.2) is 24.3 Å². The molecular formula is C13H17FO2.